The highest BCUT2D eigenvalue weighted by Gasteiger charge is 2.23. The summed E-state index contributed by atoms with van der Waals surface area (Å²) >= 11 is 0. The van der Waals surface area contributed by atoms with Gasteiger partial charge in [-0.15, -0.1) is 0 Å². The lowest BCUT2D eigenvalue weighted by molar-refractivity contribution is -0.154. The van der Waals surface area contributed by atoms with E-state index in [0.717, 1.165) is 5.56 Å². The van der Waals surface area contributed by atoms with Crippen molar-refractivity contribution in [1.29, 1.82) is 0 Å². The summed E-state index contributed by atoms with van der Waals surface area (Å²) in [5.41, 5.74) is 1.42. The van der Waals surface area contributed by atoms with Crippen LogP contribution in [0.25, 0.3) is 0 Å². The Morgan fingerprint density at radius 1 is 1.17 bits per heavy atom. The average Bonchev–Trinajstić information content (AvgIpc) is 2.40. The Kier molecular flexibility index (Phi) is 6.41. The number of rotatable bonds is 6. The molecule has 0 spiro atoms. The highest BCUT2D eigenvalue weighted by molar-refractivity contribution is 7.89. The van der Waals surface area contributed by atoms with Gasteiger partial charge in [-0.3, -0.25) is 4.79 Å². The molecule has 0 radical (unpaired) electrons. The summed E-state index contributed by atoms with van der Waals surface area (Å²) < 4.78 is 38.1. The number of benzene rings is 1. The standard InChI is InChI=1S/C17H27NO5S/c1-11-10-14(22-7)12(2)13(3)16(11)24(20,21)18-9-8-15(19)23-17(4,5)6/h10,18H,8-9H2,1-7H3. The van der Waals surface area contributed by atoms with Crippen molar-refractivity contribution < 1.29 is 22.7 Å². The number of ether oxygens (including phenoxy) is 2. The first-order chi connectivity index (χ1) is 10.9. The minimum Gasteiger partial charge on any atom is -0.496 e. The van der Waals surface area contributed by atoms with E-state index in [9.17, 15) is 13.2 Å². The van der Waals surface area contributed by atoms with Crippen LogP contribution in [-0.4, -0.2) is 33.6 Å². The Labute approximate surface area is 144 Å². The van der Waals surface area contributed by atoms with Crippen molar-refractivity contribution in [3.63, 3.8) is 0 Å². The summed E-state index contributed by atoms with van der Waals surface area (Å²) in [5.74, 6) is 0.210. The normalized spacial score (nSPS) is 12.1. The molecule has 0 heterocycles. The number of esters is 1. The van der Waals surface area contributed by atoms with Gasteiger partial charge in [0.1, 0.15) is 11.4 Å². The molecule has 24 heavy (non-hydrogen) atoms. The van der Waals surface area contributed by atoms with Gasteiger partial charge >= 0.3 is 5.97 Å². The Bertz CT molecular complexity index is 717. The van der Waals surface area contributed by atoms with Gasteiger partial charge in [-0.25, -0.2) is 13.1 Å². The molecule has 0 aromatic heterocycles. The number of carbonyl (C=O) groups excluding carboxylic acids is 1. The van der Waals surface area contributed by atoms with E-state index in [1.165, 1.54) is 0 Å². The van der Waals surface area contributed by atoms with E-state index in [1.54, 1.807) is 47.8 Å². The van der Waals surface area contributed by atoms with Crippen LogP contribution in [0.5, 0.6) is 5.75 Å². The molecule has 1 rings (SSSR count). The summed E-state index contributed by atoms with van der Waals surface area (Å²) in [4.78, 5) is 11.9. The molecule has 0 aliphatic heterocycles. The van der Waals surface area contributed by atoms with E-state index in [-0.39, 0.29) is 17.9 Å². The predicted octanol–water partition coefficient (Wildman–Crippen LogP) is 2.63. The molecular formula is C17H27NO5S. The number of nitrogens with one attached hydrogen (secondary N) is 1. The van der Waals surface area contributed by atoms with Crippen LogP contribution in [0.4, 0.5) is 0 Å². The fraction of sp³-hybridized carbons (Fsp3) is 0.588. The van der Waals surface area contributed by atoms with E-state index in [1.807, 2.05) is 6.92 Å². The maximum atomic E-state index is 12.6. The van der Waals surface area contributed by atoms with Gasteiger partial charge in [0.25, 0.3) is 0 Å². The summed E-state index contributed by atoms with van der Waals surface area (Å²) in [5, 5.41) is 0. The largest absolute Gasteiger partial charge is 0.496 e. The van der Waals surface area contributed by atoms with E-state index < -0.39 is 21.6 Å². The van der Waals surface area contributed by atoms with Gasteiger partial charge < -0.3 is 9.47 Å². The van der Waals surface area contributed by atoms with Crippen LogP contribution in [0.15, 0.2) is 11.0 Å². The summed E-state index contributed by atoms with van der Waals surface area (Å²) in [7, 11) is -2.17. The molecule has 7 heteroatoms. The van der Waals surface area contributed by atoms with Gasteiger partial charge in [-0.2, -0.15) is 0 Å². The molecule has 0 aliphatic carbocycles. The smallest absolute Gasteiger partial charge is 0.307 e. The number of carbonyl (C=O) groups is 1. The zero-order chi connectivity index (χ0) is 18.7. The van der Waals surface area contributed by atoms with Gasteiger partial charge in [0.15, 0.2) is 0 Å². The second-order valence-corrected chi connectivity index (χ2v) is 8.41. The maximum Gasteiger partial charge on any atom is 0.307 e. The minimum absolute atomic E-state index is 0.0127. The van der Waals surface area contributed by atoms with Crippen molar-refractivity contribution in [2.24, 2.45) is 0 Å². The van der Waals surface area contributed by atoms with Gasteiger partial charge in [-0.1, -0.05) is 0 Å². The molecule has 136 valence electrons. The molecule has 6 nitrogen and oxygen atoms in total. The SMILES string of the molecule is COc1cc(C)c(S(=O)(=O)NCCC(=O)OC(C)(C)C)c(C)c1C. The van der Waals surface area contributed by atoms with Gasteiger partial charge in [0.05, 0.1) is 18.4 Å². The van der Waals surface area contributed by atoms with Crippen molar-refractivity contribution in [3.8, 4) is 5.75 Å². The lowest BCUT2D eigenvalue weighted by atomic mass is 10.1. The second kappa shape index (κ2) is 7.53. The van der Waals surface area contributed by atoms with E-state index in [4.69, 9.17) is 9.47 Å². The average molecular weight is 357 g/mol. The fourth-order valence-corrected chi connectivity index (χ4v) is 3.95. The third kappa shape index (κ3) is 5.21. The van der Waals surface area contributed by atoms with Crippen LogP contribution in [0, 0.1) is 20.8 Å². The zero-order valence-electron chi connectivity index (χ0n) is 15.4. The highest BCUT2D eigenvalue weighted by atomic mass is 32.2. The van der Waals surface area contributed by atoms with Crippen LogP contribution in [0.3, 0.4) is 0 Å². The van der Waals surface area contributed by atoms with Gasteiger partial charge in [-0.05, 0) is 64.3 Å². The van der Waals surface area contributed by atoms with Crippen LogP contribution >= 0.6 is 0 Å². The highest BCUT2D eigenvalue weighted by Crippen LogP contribution is 2.30. The molecule has 0 saturated carbocycles. The number of aryl methyl sites for hydroxylation is 1. The van der Waals surface area contributed by atoms with Crippen molar-refractivity contribution in [2.45, 2.75) is 58.5 Å². The molecule has 0 amide bonds. The van der Waals surface area contributed by atoms with Crippen LogP contribution in [0.1, 0.15) is 43.9 Å². The molecule has 0 unspecified atom stereocenters. The molecule has 0 fully saturated rings. The number of hydrogen-bond acceptors (Lipinski definition) is 5. The third-order valence-electron chi connectivity index (χ3n) is 3.51. The minimum atomic E-state index is -3.72. The molecule has 1 N–H and O–H groups in total. The first-order valence-electron chi connectivity index (χ1n) is 7.75. The van der Waals surface area contributed by atoms with Crippen LogP contribution in [0.2, 0.25) is 0 Å². The summed E-state index contributed by atoms with van der Waals surface area (Å²) in [6.45, 7) is 10.6. The monoisotopic (exact) mass is 357 g/mol. The Morgan fingerprint density at radius 3 is 2.25 bits per heavy atom. The number of hydrogen-bond donors (Lipinski definition) is 1. The quantitative estimate of drug-likeness (QED) is 0.792. The van der Waals surface area contributed by atoms with Gasteiger partial charge in [0, 0.05) is 6.54 Å². The first-order valence-corrected chi connectivity index (χ1v) is 9.23. The van der Waals surface area contributed by atoms with Crippen LogP contribution < -0.4 is 9.46 Å². The third-order valence-corrected chi connectivity index (χ3v) is 5.26. The molecule has 1 aromatic rings. The Balaban J connectivity index is 2.91. The van der Waals surface area contributed by atoms with Crippen molar-refractivity contribution in [2.75, 3.05) is 13.7 Å². The zero-order valence-corrected chi connectivity index (χ0v) is 16.3. The van der Waals surface area contributed by atoms with Crippen LogP contribution in [-0.2, 0) is 19.6 Å². The van der Waals surface area contributed by atoms with Crippen molar-refractivity contribution in [3.05, 3.63) is 22.8 Å². The maximum absolute atomic E-state index is 12.6. The molecule has 1 aromatic carbocycles. The Hall–Kier alpha value is -1.60. The first kappa shape index (κ1) is 20.4. The van der Waals surface area contributed by atoms with E-state index in [0.29, 0.717) is 16.9 Å². The molecule has 0 saturated heterocycles. The number of methoxy groups -OCH3 is 1. The van der Waals surface area contributed by atoms with Crippen molar-refractivity contribution in [1.82, 2.24) is 4.72 Å². The predicted molar refractivity (Wildman–Crippen MR) is 92.9 cm³/mol. The lowest BCUT2D eigenvalue weighted by Gasteiger charge is -2.20. The Morgan fingerprint density at radius 2 is 1.75 bits per heavy atom. The molecule has 0 atom stereocenters. The fourth-order valence-electron chi connectivity index (χ4n) is 2.40. The summed E-state index contributed by atoms with van der Waals surface area (Å²) in [6.07, 6.45) is -0.0241. The molecule has 0 bridgehead atoms. The molecule has 0 aliphatic rings. The second-order valence-electron chi connectivity index (χ2n) is 6.71. The topological polar surface area (TPSA) is 81.7 Å². The van der Waals surface area contributed by atoms with E-state index >= 15 is 0 Å². The van der Waals surface area contributed by atoms with E-state index in [2.05, 4.69) is 4.72 Å². The van der Waals surface area contributed by atoms with Gasteiger partial charge in [0.2, 0.25) is 10.0 Å². The lowest BCUT2D eigenvalue weighted by Crippen LogP contribution is -2.30. The summed E-state index contributed by atoms with van der Waals surface area (Å²) in [6, 6.07) is 1.70. The van der Waals surface area contributed by atoms with Crippen molar-refractivity contribution >= 4 is 16.0 Å². The number of sulfonamides is 1. The molecular weight excluding hydrogens is 330 g/mol.